The van der Waals surface area contributed by atoms with E-state index in [1.165, 1.54) is 10.7 Å². The lowest BCUT2D eigenvalue weighted by atomic mass is 10.3. The molecule has 0 fully saturated rings. The summed E-state index contributed by atoms with van der Waals surface area (Å²) in [5.41, 5.74) is 0.846. The third-order valence-electron chi connectivity index (χ3n) is 1.61. The standard InChI is InChI=1S/C6H11N3O2S/c1-3-5-4-6(8-9(5)2)12(7,10)11/h4H,3H2,1-2H3,(H2,7,10,11). The maximum atomic E-state index is 10.8. The van der Waals surface area contributed by atoms with Crippen LogP contribution < -0.4 is 5.14 Å². The average molecular weight is 189 g/mol. The summed E-state index contributed by atoms with van der Waals surface area (Å²) in [5.74, 6) is 0. The zero-order valence-corrected chi connectivity index (χ0v) is 7.80. The van der Waals surface area contributed by atoms with E-state index in [4.69, 9.17) is 5.14 Å². The van der Waals surface area contributed by atoms with Gasteiger partial charge in [-0.15, -0.1) is 0 Å². The number of nitrogens with two attached hydrogens (primary N) is 1. The Morgan fingerprint density at radius 2 is 2.25 bits per heavy atom. The second kappa shape index (κ2) is 2.87. The summed E-state index contributed by atoms with van der Waals surface area (Å²) in [4.78, 5) is 0. The van der Waals surface area contributed by atoms with Crippen LogP contribution in [0.5, 0.6) is 0 Å². The summed E-state index contributed by atoms with van der Waals surface area (Å²) in [6, 6.07) is 1.48. The molecule has 2 N–H and O–H groups in total. The van der Waals surface area contributed by atoms with Crippen LogP contribution in [-0.2, 0) is 23.5 Å². The lowest BCUT2D eigenvalue weighted by Gasteiger charge is -1.92. The summed E-state index contributed by atoms with van der Waals surface area (Å²) in [6.45, 7) is 1.92. The number of aromatic nitrogens is 2. The highest BCUT2D eigenvalue weighted by Crippen LogP contribution is 2.07. The van der Waals surface area contributed by atoms with Gasteiger partial charge in [-0.2, -0.15) is 5.10 Å². The van der Waals surface area contributed by atoms with Gasteiger partial charge in [0.15, 0.2) is 5.03 Å². The van der Waals surface area contributed by atoms with Gasteiger partial charge in [-0.3, -0.25) is 4.68 Å². The van der Waals surface area contributed by atoms with E-state index < -0.39 is 10.0 Å². The Hall–Kier alpha value is -0.880. The Kier molecular flexibility index (Phi) is 2.20. The van der Waals surface area contributed by atoms with Crippen LogP contribution in [0.25, 0.3) is 0 Å². The van der Waals surface area contributed by atoms with Gasteiger partial charge in [-0.25, -0.2) is 13.6 Å². The maximum Gasteiger partial charge on any atom is 0.257 e. The first-order chi connectivity index (χ1) is 5.45. The molecule has 0 unspecified atom stereocenters. The summed E-state index contributed by atoms with van der Waals surface area (Å²) < 4.78 is 23.1. The first-order valence-electron chi connectivity index (χ1n) is 3.51. The summed E-state index contributed by atoms with van der Waals surface area (Å²) in [7, 11) is -1.96. The Morgan fingerprint density at radius 3 is 2.50 bits per heavy atom. The Morgan fingerprint density at radius 1 is 1.67 bits per heavy atom. The van der Waals surface area contributed by atoms with Crippen LogP contribution in [0.2, 0.25) is 0 Å². The number of sulfonamides is 1. The minimum atomic E-state index is -3.65. The number of primary sulfonamides is 1. The van der Waals surface area contributed by atoms with Crippen LogP contribution in [0.3, 0.4) is 0 Å². The molecule has 0 saturated heterocycles. The van der Waals surface area contributed by atoms with Crippen molar-refractivity contribution < 1.29 is 8.42 Å². The molecule has 12 heavy (non-hydrogen) atoms. The van der Waals surface area contributed by atoms with Gasteiger partial charge in [-0.05, 0) is 12.5 Å². The summed E-state index contributed by atoms with van der Waals surface area (Å²) in [6.07, 6.45) is 0.735. The highest BCUT2D eigenvalue weighted by atomic mass is 32.2. The number of nitrogens with zero attached hydrogens (tertiary/aromatic N) is 2. The molecule has 68 valence electrons. The van der Waals surface area contributed by atoms with Crippen molar-refractivity contribution in [3.63, 3.8) is 0 Å². The minimum Gasteiger partial charge on any atom is -0.271 e. The molecule has 0 aliphatic heterocycles. The number of hydrogen-bond donors (Lipinski definition) is 1. The lowest BCUT2D eigenvalue weighted by Crippen LogP contribution is -2.13. The van der Waals surface area contributed by atoms with Crippen LogP contribution in [0, 0.1) is 0 Å². The van der Waals surface area contributed by atoms with Crippen LogP contribution in [0.4, 0.5) is 0 Å². The summed E-state index contributed by atoms with van der Waals surface area (Å²) in [5, 5.41) is 8.58. The van der Waals surface area contributed by atoms with Gasteiger partial charge in [0.1, 0.15) is 0 Å². The van der Waals surface area contributed by atoms with Crippen molar-refractivity contribution in [2.24, 2.45) is 12.2 Å². The van der Waals surface area contributed by atoms with Crippen molar-refractivity contribution in [3.8, 4) is 0 Å². The molecule has 0 aliphatic carbocycles. The second-order valence-corrected chi connectivity index (χ2v) is 4.00. The smallest absolute Gasteiger partial charge is 0.257 e. The van der Waals surface area contributed by atoms with Gasteiger partial charge in [0.2, 0.25) is 0 Å². The molecular formula is C6H11N3O2S. The Bertz CT molecular complexity index is 379. The molecule has 1 rings (SSSR count). The first kappa shape index (κ1) is 9.21. The van der Waals surface area contributed by atoms with Crippen LogP contribution in [0.15, 0.2) is 11.1 Å². The van der Waals surface area contributed by atoms with Crippen LogP contribution in [-0.4, -0.2) is 18.2 Å². The summed E-state index contributed by atoms with van der Waals surface area (Å²) >= 11 is 0. The van der Waals surface area contributed by atoms with Crippen LogP contribution >= 0.6 is 0 Å². The lowest BCUT2D eigenvalue weighted by molar-refractivity contribution is 0.589. The highest BCUT2D eigenvalue weighted by Gasteiger charge is 2.13. The zero-order valence-electron chi connectivity index (χ0n) is 6.98. The fourth-order valence-corrected chi connectivity index (χ4v) is 1.48. The van der Waals surface area contributed by atoms with Gasteiger partial charge in [-0.1, -0.05) is 6.92 Å². The van der Waals surface area contributed by atoms with E-state index in [1.807, 2.05) is 6.92 Å². The largest absolute Gasteiger partial charge is 0.271 e. The van der Waals surface area contributed by atoms with Crippen molar-refractivity contribution in [3.05, 3.63) is 11.8 Å². The highest BCUT2D eigenvalue weighted by molar-refractivity contribution is 7.89. The monoisotopic (exact) mass is 189 g/mol. The average Bonchev–Trinajstić information content (AvgIpc) is 2.29. The topological polar surface area (TPSA) is 78.0 Å². The molecule has 0 saturated carbocycles. The normalized spacial score (nSPS) is 11.9. The van der Waals surface area contributed by atoms with Crippen molar-refractivity contribution in [1.29, 1.82) is 0 Å². The fraction of sp³-hybridized carbons (Fsp3) is 0.500. The van der Waals surface area contributed by atoms with Crippen molar-refractivity contribution in [2.75, 3.05) is 0 Å². The van der Waals surface area contributed by atoms with Crippen molar-refractivity contribution >= 4 is 10.0 Å². The third-order valence-corrected chi connectivity index (χ3v) is 2.39. The Labute approximate surface area is 71.2 Å². The van der Waals surface area contributed by atoms with E-state index in [1.54, 1.807) is 7.05 Å². The number of hydrogen-bond acceptors (Lipinski definition) is 3. The van der Waals surface area contributed by atoms with E-state index in [-0.39, 0.29) is 5.03 Å². The molecule has 0 aromatic carbocycles. The van der Waals surface area contributed by atoms with Gasteiger partial charge in [0, 0.05) is 12.7 Å². The molecule has 6 heteroatoms. The van der Waals surface area contributed by atoms with Crippen LogP contribution in [0.1, 0.15) is 12.6 Å². The fourth-order valence-electron chi connectivity index (χ4n) is 0.947. The molecule has 5 nitrogen and oxygen atoms in total. The predicted molar refractivity (Wildman–Crippen MR) is 44.0 cm³/mol. The second-order valence-electron chi connectivity index (χ2n) is 2.50. The van der Waals surface area contributed by atoms with E-state index in [0.717, 1.165) is 12.1 Å². The maximum absolute atomic E-state index is 10.8. The van der Waals surface area contributed by atoms with Gasteiger partial charge in [0.25, 0.3) is 10.0 Å². The third kappa shape index (κ3) is 1.64. The quantitative estimate of drug-likeness (QED) is 0.689. The molecule has 1 heterocycles. The molecule has 1 aromatic rings. The van der Waals surface area contributed by atoms with E-state index >= 15 is 0 Å². The molecule has 0 bridgehead atoms. The van der Waals surface area contributed by atoms with Gasteiger partial charge in [0.05, 0.1) is 0 Å². The molecule has 0 amide bonds. The molecule has 0 radical (unpaired) electrons. The molecule has 0 spiro atoms. The van der Waals surface area contributed by atoms with Gasteiger partial charge >= 0.3 is 0 Å². The van der Waals surface area contributed by atoms with E-state index in [9.17, 15) is 8.42 Å². The molecule has 1 aromatic heterocycles. The Balaban J connectivity index is 3.23. The van der Waals surface area contributed by atoms with Gasteiger partial charge < -0.3 is 0 Å². The minimum absolute atomic E-state index is 0.0677. The number of aryl methyl sites for hydroxylation is 2. The molecular weight excluding hydrogens is 178 g/mol. The molecule has 0 aliphatic rings. The first-order valence-corrected chi connectivity index (χ1v) is 5.05. The predicted octanol–water partition coefficient (Wildman–Crippen LogP) is -0.370. The van der Waals surface area contributed by atoms with Crippen molar-refractivity contribution in [2.45, 2.75) is 18.4 Å². The van der Waals surface area contributed by atoms with Crippen molar-refractivity contribution in [1.82, 2.24) is 9.78 Å². The molecule has 0 atom stereocenters. The zero-order chi connectivity index (χ0) is 9.35. The van der Waals surface area contributed by atoms with E-state index in [2.05, 4.69) is 5.10 Å². The van der Waals surface area contributed by atoms with E-state index in [0.29, 0.717) is 0 Å². The number of rotatable bonds is 2. The SMILES string of the molecule is CCc1cc(S(N)(=O)=O)nn1C.